The monoisotopic (exact) mass is 380 g/mol. The first-order valence-electron chi connectivity index (χ1n) is 9.07. The zero-order valence-electron chi connectivity index (χ0n) is 14.6. The van der Waals surface area contributed by atoms with Gasteiger partial charge in [0.05, 0.1) is 0 Å². The van der Waals surface area contributed by atoms with Gasteiger partial charge in [-0.2, -0.15) is 0 Å². The normalized spacial score (nSPS) is 43.6. The van der Waals surface area contributed by atoms with E-state index in [1.807, 2.05) is 0 Å². The molecule has 3 heteroatoms. The van der Waals surface area contributed by atoms with Crippen molar-refractivity contribution in [1.29, 1.82) is 0 Å². The van der Waals surface area contributed by atoms with Crippen molar-refractivity contribution in [2.45, 2.75) is 65.4 Å². The maximum absolute atomic E-state index is 11.7. The largest absolute Gasteiger partial charge is 0.458 e. The molecule has 3 aliphatic rings. The molecule has 0 amide bonds. The van der Waals surface area contributed by atoms with E-state index in [1.54, 1.807) is 5.57 Å². The number of halogens is 1. The lowest BCUT2D eigenvalue weighted by molar-refractivity contribution is -0.140. The summed E-state index contributed by atoms with van der Waals surface area (Å²) in [5, 5.41) is 0. The minimum Gasteiger partial charge on any atom is -0.458 e. The third kappa shape index (κ3) is 2.83. The Kier molecular flexibility index (Phi) is 4.79. The van der Waals surface area contributed by atoms with Crippen molar-refractivity contribution in [3.63, 3.8) is 0 Å². The van der Waals surface area contributed by atoms with E-state index in [4.69, 9.17) is 4.74 Å². The molecule has 1 saturated heterocycles. The van der Waals surface area contributed by atoms with Gasteiger partial charge in [0, 0.05) is 11.5 Å². The second-order valence-electron chi connectivity index (χ2n) is 8.25. The summed E-state index contributed by atoms with van der Waals surface area (Å²) in [6.45, 7) is 10.8. The molecule has 0 aromatic carbocycles. The van der Waals surface area contributed by atoms with Gasteiger partial charge in [0.1, 0.15) is 6.10 Å². The predicted molar refractivity (Wildman–Crippen MR) is 97.1 cm³/mol. The van der Waals surface area contributed by atoms with E-state index in [1.165, 1.54) is 32.1 Å². The molecule has 2 saturated carbocycles. The molecule has 128 valence electrons. The number of carbonyl (C=O) groups is 1. The summed E-state index contributed by atoms with van der Waals surface area (Å²) in [5.74, 6) is 2.04. The van der Waals surface area contributed by atoms with E-state index in [9.17, 15) is 4.79 Å². The molecule has 6 atom stereocenters. The van der Waals surface area contributed by atoms with E-state index < -0.39 is 0 Å². The minimum atomic E-state index is -0.188. The van der Waals surface area contributed by atoms with Crippen molar-refractivity contribution in [2.24, 2.45) is 29.1 Å². The van der Waals surface area contributed by atoms with E-state index >= 15 is 0 Å². The van der Waals surface area contributed by atoms with Crippen molar-refractivity contribution >= 4 is 21.9 Å². The molecule has 1 unspecified atom stereocenters. The van der Waals surface area contributed by atoms with Crippen LogP contribution in [0.25, 0.3) is 0 Å². The van der Waals surface area contributed by atoms with E-state index in [0.29, 0.717) is 16.9 Å². The van der Waals surface area contributed by atoms with Crippen LogP contribution < -0.4 is 0 Å². The molecule has 0 N–H and O–H groups in total. The highest BCUT2D eigenvalue weighted by Crippen LogP contribution is 2.60. The Morgan fingerprint density at radius 2 is 2.22 bits per heavy atom. The number of ether oxygens (including phenoxy) is 1. The molecule has 0 radical (unpaired) electrons. The van der Waals surface area contributed by atoms with Crippen molar-refractivity contribution in [2.75, 3.05) is 0 Å². The molecule has 0 bridgehead atoms. The third-order valence-corrected chi connectivity index (χ3v) is 7.69. The lowest BCUT2D eigenvalue weighted by Crippen LogP contribution is -2.37. The Morgan fingerprint density at radius 3 is 2.83 bits per heavy atom. The lowest BCUT2D eigenvalue weighted by atomic mass is 9.61. The molecule has 1 aliphatic heterocycles. The summed E-state index contributed by atoms with van der Waals surface area (Å²) < 4.78 is 5.57. The number of hydrogen-bond acceptors (Lipinski definition) is 2. The second kappa shape index (κ2) is 6.38. The van der Waals surface area contributed by atoms with Crippen LogP contribution >= 0.6 is 15.9 Å². The fourth-order valence-corrected chi connectivity index (χ4v) is 6.20. The first-order valence-corrected chi connectivity index (χ1v) is 9.99. The van der Waals surface area contributed by atoms with Crippen LogP contribution in [0.2, 0.25) is 0 Å². The van der Waals surface area contributed by atoms with Gasteiger partial charge in [0.15, 0.2) is 0 Å². The fraction of sp³-hybridized carbons (Fsp3) is 0.750. The lowest BCUT2D eigenvalue weighted by Gasteiger charge is -2.44. The van der Waals surface area contributed by atoms with E-state index in [0.717, 1.165) is 18.3 Å². The summed E-state index contributed by atoms with van der Waals surface area (Å²) >= 11 is 3.59. The SMILES string of the molecule is C=C1C(=O)O[C@@H](C[C@@H](C)[C@H]2CC[C@H]3/C(=C/Br)CCCC23C)[C@@H]1C. The highest BCUT2D eigenvalue weighted by Gasteiger charge is 2.51. The minimum absolute atomic E-state index is 0.0300. The van der Waals surface area contributed by atoms with Crippen LogP contribution in [0.5, 0.6) is 0 Å². The van der Waals surface area contributed by atoms with Gasteiger partial charge in [0.2, 0.25) is 0 Å². The molecular weight excluding hydrogens is 352 g/mol. The summed E-state index contributed by atoms with van der Waals surface area (Å²) in [5.41, 5.74) is 2.68. The van der Waals surface area contributed by atoms with Crippen LogP contribution in [0.15, 0.2) is 22.7 Å². The predicted octanol–water partition coefficient (Wildman–Crippen LogP) is 5.63. The number of allylic oxidation sites excluding steroid dienone is 1. The Labute approximate surface area is 148 Å². The molecule has 0 aromatic rings. The number of cyclic esters (lactones) is 1. The van der Waals surface area contributed by atoms with Crippen LogP contribution in [0.3, 0.4) is 0 Å². The van der Waals surface area contributed by atoms with Crippen LogP contribution in [0.1, 0.15) is 59.3 Å². The molecule has 3 rings (SSSR count). The maximum atomic E-state index is 11.7. The molecular formula is C20H29BrO2. The topological polar surface area (TPSA) is 26.3 Å². The van der Waals surface area contributed by atoms with Gasteiger partial charge in [-0.15, -0.1) is 0 Å². The first kappa shape index (κ1) is 17.3. The van der Waals surface area contributed by atoms with Gasteiger partial charge in [-0.3, -0.25) is 0 Å². The maximum Gasteiger partial charge on any atom is 0.334 e. The Morgan fingerprint density at radius 1 is 1.48 bits per heavy atom. The number of hydrogen-bond donors (Lipinski definition) is 0. The van der Waals surface area contributed by atoms with Crippen molar-refractivity contribution in [1.82, 2.24) is 0 Å². The quantitative estimate of drug-likeness (QED) is 0.468. The van der Waals surface area contributed by atoms with Crippen LogP contribution in [0.4, 0.5) is 0 Å². The van der Waals surface area contributed by atoms with E-state index in [-0.39, 0.29) is 18.0 Å². The average molecular weight is 381 g/mol. The summed E-state index contributed by atoms with van der Waals surface area (Å²) in [6, 6.07) is 0. The third-order valence-electron chi connectivity index (χ3n) is 7.10. The molecule has 2 aliphatic carbocycles. The zero-order valence-corrected chi connectivity index (χ0v) is 16.2. The Hall–Kier alpha value is -0.570. The van der Waals surface area contributed by atoms with Gasteiger partial charge >= 0.3 is 5.97 Å². The second-order valence-corrected chi connectivity index (χ2v) is 8.71. The molecule has 23 heavy (non-hydrogen) atoms. The van der Waals surface area contributed by atoms with Gasteiger partial charge < -0.3 is 4.74 Å². The number of rotatable bonds is 3. The number of fused-ring (bicyclic) bond motifs is 1. The van der Waals surface area contributed by atoms with Crippen LogP contribution in [-0.4, -0.2) is 12.1 Å². The first-order chi connectivity index (χ1) is 10.9. The van der Waals surface area contributed by atoms with Crippen molar-refractivity contribution in [3.05, 3.63) is 22.7 Å². The van der Waals surface area contributed by atoms with Gasteiger partial charge in [-0.25, -0.2) is 4.79 Å². The number of esters is 1. The smallest absolute Gasteiger partial charge is 0.334 e. The highest BCUT2D eigenvalue weighted by atomic mass is 79.9. The van der Waals surface area contributed by atoms with Crippen LogP contribution in [-0.2, 0) is 9.53 Å². The summed E-state index contributed by atoms with van der Waals surface area (Å²) in [6.07, 6.45) is 7.53. The molecule has 3 fully saturated rings. The Balaban J connectivity index is 1.72. The van der Waals surface area contributed by atoms with Gasteiger partial charge in [-0.1, -0.05) is 48.9 Å². The summed E-state index contributed by atoms with van der Waals surface area (Å²) in [7, 11) is 0. The molecule has 0 aromatic heterocycles. The molecule has 1 heterocycles. The summed E-state index contributed by atoms with van der Waals surface area (Å²) in [4.78, 5) is 13.9. The Bertz CT molecular complexity index is 538. The molecule has 0 spiro atoms. The van der Waals surface area contributed by atoms with Gasteiger partial charge in [-0.05, 0) is 66.7 Å². The van der Waals surface area contributed by atoms with Crippen LogP contribution in [0, 0.1) is 29.1 Å². The highest BCUT2D eigenvalue weighted by molar-refractivity contribution is 9.11. The van der Waals surface area contributed by atoms with E-state index in [2.05, 4.69) is 48.3 Å². The zero-order chi connectivity index (χ0) is 16.8. The van der Waals surface area contributed by atoms with Crippen molar-refractivity contribution in [3.8, 4) is 0 Å². The van der Waals surface area contributed by atoms with Crippen molar-refractivity contribution < 1.29 is 9.53 Å². The molecule has 2 nitrogen and oxygen atoms in total. The fourth-order valence-electron chi connectivity index (χ4n) is 5.65. The average Bonchev–Trinajstić information content (AvgIpc) is 2.99. The van der Waals surface area contributed by atoms with Gasteiger partial charge in [0.25, 0.3) is 0 Å². The number of carbonyl (C=O) groups excluding carboxylic acids is 1. The standard InChI is InChI=1S/C20H29BrO2/c1-12(10-18-13(2)14(3)19(22)23-18)16-7-8-17-15(11-21)6-5-9-20(16,17)4/h11-13,16-18H,3,5-10H2,1-2,4H3/b15-11+/t12-,13-,16-,17+,18+,20?/m1/s1.